The standard InChI is InChI=1S/C9H8N4O3/c1-2-6(9-7(3-1)15-5-16-9)14-4-8-10-12-13-11-8/h1-3H,4-5H2,(H,10,11,12,13). The lowest BCUT2D eigenvalue weighted by atomic mass is 10.3. The van der Waals surface area contributed by atoms with Gasteiger partial charge >= 0.3 is 0 Å². The molecule has 2 heterocycles. The summed E-state index contributed by atoms with van der Waals surface area (Å²) in [5, 5.41) is 13.3. The van der Waals surface area contributed by atoms with Gasteiger partial charge in [0.1, 0.15) is 0 Å². The molecule has 0 bridgehead atoms. The number of fused-ring (bicyclic) bond motifs is 1. The zero-order valence-electron chi connectivity index (χ0n) is 8.21. The Morgan fingerprint density at radius 2 is 2.38 bits per heavy atom. The fraction of sp³-hybridized carbons (Fsp3) is 0.222. The van der Waals surface area contributed by atoms with Gasteiger partial charge in [0.25, 0.3) is 0 Å². The molecule has 0 spiro atoms. The van der Waals surface area contributed by atoms with Crippen molar-refractivity contribution in [3.05, 3.63) is 24.0 Å². The summed E-state index contributed by atoms with van der Waals surface area (Å²) < 4.78 is 16.0. The Hall–Kier alpha value is -2.31. The predicted octanol–water partition coefficient (Wildman–Crippen LogP) is 0.507. The molecule has 2 aromatic rings. The minimum absolute atomic E-state index is 0.220. The molecule has 82 valence electrons. The fourth-order valence-electron chi connectivity index (χ4n) is 1.40. The zero-order valence-corrected chi connectivity index (χ0v) is 8.21. The maximum absolute atomic E-state index is 5.50. The van der Waals surface area contributed by atoms with Crippen LogP contribution in [-0.4, -0.2) is 27.4 Å². The summed E-state index contributed by atoms with van der Waals surface area (Å²) in [6.07, 6.45) is 0. The maximum Gasteiger partial charge on any atom is 0.231 e. The molecular weight excluding hydrogens is 212 g/mol. The number of hydrogen-bond acceptors (Lipinski definition) is 6. The van der Waals surface area contributed by atoms with Crippen LogP contribution in [0.2, 0.25) is 0 Å². The number of rotatable bonds is 3. The Balaban J connectivity index is 1.78. The third-order valence-electron chi connectivity index (χ3n) is 2.11. The highest BCUT2D eigenvalue weighted by Gasteiger charge is 2.18. The molecule has 1 N–H and O–H groups in total. The highest BCUT2D eigenvalue weighted by Crippen LogP contribution is 2.40. The van der Waals surface area contributed by atoms with E-state index in [1.807, 2.05) is 12.1 Å². The van der Waals surface area contributed by atoms with Crippen molar-refractivity contribution in [2.45, 2.75) is 6.61 Å². The molecule has 1 aromatic heterocycles. The normalized spacial score (nSPS) is 12.8. The van der Waals surface area contributed by atoms with Gasteiger partial charge in [-0.2, -0.15) is 5.21 Å². The summed E-state index contributed by atoms with van der Waals surface area (Å²) in [5.74, 6) is 2.40. The van der Waals surface area contributed by atoms with Gasteiger partial charge in [-0.15, -0.1) is 10.2 Å². The molecule has 7 nitrogen and oxygen atoms in total. The van der Waals surface area contributed by atoms with Gasteiger partial charge in [-0.05, 0) is 12.1 Å². The molecule has 3 rings (SSSR count). The minimum Gasteiger partial charge on any atom is -0.481 e. The van der Waals surface area contributed by atoms with Crippen molar-refractivity contribution < 1.29 is 14.2 Å². The van der Waals surface area contributed by atoms with Crippen LogP contribution in [0.25, 0.3) is 0 Å². The van der Waals surface area contributed by atoms with Crippen molar-refractivity contribution in [2.75, 3.05) is 6.79 Å². The summed E-state index contributed by atoms with van der Waals surface area (Å²) >= 11 is 0. The third kappa shape index (κ3) is 1.52. The predicted molar refractivity (Wildman–Crippen MR) is 51.1 cm³/mol. The molecule has 16 heavy (non-hydrogen) atoms. The first-order valence-corrected chi connectivity index (χ1v) is 4.67. The largest absolute Gasteiger partial charge is 0.481 e. The number of hydrogen-bond donors (Lipinski definition) is 1. The van der Waals surface area contributed by atoms with E-state index in [0.29, 0.717) is 23.1 Å². The maximum atomic E-state index is 5.50. The first-order valence-electron chi connectivity index (χ1n) is 4.67. The van der Waals surface area contributed by atoms with Crippen molar-refractivity contribution in [3.8, 4) is 17.2 Å². The lowest BCUT2D eigenvalue weighted by Crippen LogP contribution is -1.99. The van der Waals surface area contributed by atoms with E-state index >= 15 is 0 Å². The Kier molecular flexibility index (Phi) is 2.06. The summed E-state index contributed by atoms with van der Waals surface area (Å²) in [6, 6.07) is 5.45. The van der Waals surface area contributed by atoms with E-state index in [-0.39, 0.29) is 13.4 Å². The molecule has 0 fully saturated rings. The van der Waals surface area contributed by atoms with Crippen LogP contribution in [0.5, 0.6) is 17.2 Å². The average molecular weight is 220 g/mol. The molecule has 0 saturated heterocycles. The number of nitrogens with zero attached hydrogens (tertiary/aromatic N) is 3. The van der Waals surface area contributed by atoms with Crippen LogP contribution in [0.1, 0.15) is 5.82 Å². The molecule has 0 amide bonds. The Bertz CT molecular complexity index is 486. The molecule has 0 unspecified atom stereocenters. The monoisotopic (exact) mass is 220 g/mol. The van der Waals surface area contributed by atoms with Gasteiger partial charge < -0.3 is 14.2 Å². The Morgan fingerprint density at radius 3 is 3.25 bits per heavy atom. The number of para-hydroxylation sites is 1. The minimum atomic E-state index is 0.220. The molecule has 0 radical (unpaired) electrons. The highest BCUT2D eigenvalue weighted by atomic mass is 16.7. The lowest BCUT2D eigenvalue weighted by Gasteiger charge is -2.05. The SMILES string of the molecule is c1cc2c(c(OCc3nn[nH]n3)c1)OCO2. The molecule has 1 aliphatic heterocycles. The molecule has 7 heteroatoms. The van der Waals surface area contributed by atoms with Gasteiger partial charge in [0.2, 0.25) is 18.4 Å². The lowest BCUT2D eigenvalue weighted by molar-refractivity contribution is 0.169. The molecular formula is C9H8N4O3. The van der Waals surface area contributed by atoms with E-state index in [4.69, 9.17) is 14.2 Å². The van der Waals surface area contributed by atoms with E-state index < -0.39 is 0 Å². The summed E-state index contributed by atoms with van der Waals surface area (Å²) in [4.78, 5) is 0. The first kappa shape index (κ1) is 8.96. The summed E-state index contributed by atoms with van der Waals surface area (Å²) in [7, 11) is 0. The van der Waals surface area contributed by atoms with Crippen molar-refractivity contribution >= 4 is 0 Å². The van der Waals surface area contributed by atoms with Crippen molar-refractivity contribution in [1.29, 1.82) is 0 Å². The summed E-state index contributed by atoms with van der Waals surface area (Å²) in [6.45, 7) is 0.453. The number of nitrogens with one attached hydrogen (secondary N) is 1. The summed E-state index contributed by atoms with van der Waals surface area (Å²) in [5.41, 5.74) is 0. The smallest absolute Gasteiger partial charge is 0.231 e. The van der Waals surface area contributed by atoms with Crippen LogP contribution >= 0.6 is 0 Å². The van der Waals surface area contributed by atoms with Gasteiger partial charge in [-0.3, -0.25) is 0 Å². The van der Waals surface area contributed by atoms with E-state index in [1.54, 1.807) is 6.07 Å². The van der Waals surface area contributed by atoms with Crippen LogP contribution in [0, 0.1) is 0 Å². The van der Waals surface area contributed by atoms with E-state index in [2.05, 4.69) is 20.6 Å². The molecule has 0 aliphatic carbocycles. The first-order chi connectivity index (χ1) is 7.93. The molecule has 1 aromatic carbocycles. The average Bonchev–Trinajstić information content (AvgIpc) is 2.97. The second kappa shape index (κ2) is 3.69. The van der Waals surface area contributed by atoms with Crippen LogP contribution in [0.4, 0.5) is 0 Å². The van der Waals surface area contributed by atoms with Crippen molar-refractivity contribution in [2.24, 2.45) is 0 Å². The number of aromatic nitrogens is 4. The molecule has 0 atom stereocenters. The van der Waals surface area contributed by atoms with Gasteiger partial charge in [-0.1, -0.05) is 11.3 Å². The van der Waals surface area contributed by atoms with Crippen molar-refractivity contribution in [3.63, 3.8) is 0 Å². The van der Waals surface area contributed by atoms with Crippen LogP contribution in [0.3, 0.4) is 0 Å². The third-order valence-corrected chi connectivity index (χ3v) is 2.11. The van der Waals surface area contributed by atoms with E-state index in [9.17, 15) is 0 Å². The zero-order chi connectivity index (χ0) is 10.8. The van der Waals surface area contributed by atoms with Gasteiger partial charge in [0.05, 0.1) is 0 Å². The molecule has 1 aliphatic rings. The van der Waals surface area contributed by atoms with Gasteiger partial charge in [0, 0.05) is 0 Å². The van der Waals surface area contributed by atoms with Crippen LogP contribution < -0.4 is 14.2 Å². The number of ether oxygens (including phenoxy) is 3. The quantitative estimate of drug-likeness (QED) is 0.811. The highest BCUT2D eigenvalue weighted by molar-refractivity contribution is 5.52. The second-order valence-electron chi connectivity index (χ2n) is 3.11. The molecule has 0 saturated carbocycles. The Labute approximate surface area is 90.3 Å². The topological polar surface area (TPSA) is 82.2 Å². The van der Waals surface area contributed by atoms with Crippen LogP contribution in [-0.2, 0) is 6.61 Å². The van der Waals surface area contributed by atoms with Gasteiger partial charge in [-0.25, -0.2) is 0 Å². The number of tetrazole rings is 1. The number of H-pyrrole nitrogens is 1. The fourth-order valence-corrected chi connectivity index (χ4v) is 1.40. The van der Waals surface area contributed by atoms with Crippen molar-refractivity contribution in [1.82, 2.24) is 20.6 Å². The number of aromatic amines is 1. The Morgan fingerprint density at radius 1 is 1.38 bits per heavy atom. The van der Waals surface area contributed by atoms with Gasteiger partial charge in [0.15, 0.2) is 18.1 Å². The van der Waals surface area contributed by atoms with E-state index in [0.717, 1.165) is 0 Å². The van der Waals surface area contributed by atoms with Crippen LogP contribution in [0.15, 0.2) is 18.2 Å². The second-order valence-corrected chi connectivity index (χ2v) is 3.11. The number of benzene rings is 1. The van der Waals surface area contributed by atoms with E-state index in [1.165, 1.54) is 0 Å².